The van der Waals surface area contributed by atoms with Crippen molar-refractivity contribution in [2.45, 2.75) is 10.1 Å². The molecule has 0 fully saturated rings. The van der Waals surface area contributed by atoms with Gasteiger partial charge in [0.2, 0.25) is 0 Å². The fourth-order valence-corrected chi connectivity index (χ4v) is 4.84. The van der Waals surface area contributed by atoms with Gasteiger partial charge >= 0.3 is 0 Å². The maximum Gasteiger partial charge on any atom is 0.283 e. The molecule has 8 nitrogen and oxygen atoms in total. The third kappa shape index (κ3) is 6.58. The largest absolute Gasteiger partial charge is 0.283 e. The normalized spacial score (nSPS) is 10.9. The van der Waals surface area contributed by atoms with E-state index in [9.17, 15) is 14.9 Å². The molecule has 1 aromatic heterocycles. The molecular weight excluding hydrogens is 546 g/mol. The van der Waals surface area contributed by atoms with Crippen LogP contribution in [0.1, 0.15) is 15.9 Å². The number of hydrogen-bond donors (Lipinski definition) is 1. The highest BCUT2D eigenvalue weighted by molar-refractivity contribution is 7.99. The molecule has 1 heterocycles. The molecule has 0 saturated carbocycles. The zero-order chi connectivity index (χ0) is 27.9. The first-order valence-corrected chi connectivity index (χ1v) is 13.2. The van der Waals surface area contributed by atoms with Gasteiger partial charge in [-0.25, -0.2) is 15.4 Å². The molecule has 10 heteroatoms. The van der Waals surface area contributed by atoms with Gasteiger partial charge in [0.25, 0.3) is 11.6 Å². The number of amides is 1. The first-order valence-electron chi connectivity index (χ1n) is 12.0. The highest BCUT2D eigenvalue weighted by Crippen LogP contribution is 2.35. The molecule has 40 heavy (non-hydrogen) atoms. The van der Waals surface area contributed by atoms with Crippen LogP contribution in [0.4, 0.5) is 5.69 Å². The van der Waals surface area contributed by atoms with E-state index >= 15 is 0 Å². The Kier molecular flexibility index (Phi) is 8.24. The lowest BCUT2D eigenvalue weighted by atomic mass is 10.1. The van der Waals surface area contributed by atoms with Gasteiger partial charge in [-0.3, -0.25) is 14.9 Å². The van der Waals surface area contributed by atoms with Crippen molar-refractivity contribution in [1.82, 2.24) is 15.4 Å². The lowest BCUT2D eigenvalue weighted by Crippen LogP contribution is -2.17. The Labute approximate surface area is 238 Å². The van der Waals surface area contributed by atoms with Crippen molar-refractivity contribution in [2.24, 2.45) is 5.10 Å². The molecule has 0 bridgehead atoms. The Morgan fingerprint density at radius 3 is 2.10 bits per heavy atom. The summed E-state index contributed by atoms with van der Waals surface area (Å²) >= 11 is 7.03. The molecule has 5 aromatic rings. The van der Waals surface area contributed by atoms with Crippen molar-refractivity contribution in [3.63, 3.8) is 0 Å². The smallest absolute Gasteiger partial charge is 0.267 e. The number of nitrogens with one attached hydrogen (secondary N) is 1. The van der Waals surface area contributed by atoms with E-state index in [4.69, 9.17) is 21.6 Å². The van der Waals surface area contributed by atoms with Crippen molar-refractivity contribution in [3.05, 3.63) is 135 Å². The minimum absolute atomic E-state index is 0.134. The lowest BCUT2D eigenvalue weighted by Gasteiger charge is -2.09. The van der Waals surface area contributed by atoms with Gasteiger partial charge < -0.3 is 0 Å². The molecule has 0 aliphatic rings. The number of hydrogen-bond acceptors (Lipinski definition) is 7. The van der Waals surface area contributed by atoms with Crippen LogP contribution in [0.2, 0.25) is 5.02 Å². The van der Waals surface area contributed by atoms with Gasteiger partial charge in [0, 0.05) is 33.3 Å². The Morgan fingerprint density at radius 2 is 1.50 bits per heavy atom. The van der Waals surface area contributed by atoms with Crippen LogP contribution >= 0.6 is 23.4 Å². The summed E-state index contributed by atoms with van der Waals surface area (Å²) in [4.78, 5) is 33.5. The van der Waals surface area contributed by atoms with Crippen LogP contribution in [-0.2, 0) is 0 Å². The monoisotopic (exact) mass is 565 g/mol. The molecule has 0 saturated heterocycles. The Hall–Kier alpha value is -4.86. The van der Waals surface area contributed by atoms with E-state index in [0.717, 1.165) is 22.9 Å². The standard InChI is InChI=1S/C30H20ClN5O3S/c31-24-13-7-12-23(17-24)29(37)35-32-19-20-14-15-28(27(16-20)36(38)39)40-30-33-25(21-8-3-1-4-9-21)18-26(34-30)22-10-5-2-6-11-22/h1-19H,(H,35,37)/b32-19+. The third-order valence-electron chi connectivity index (χ3n) is 5.69. The van der Waals surface area contributed by atoms with Crippen LogP contribution in [0.25, 0.3) is 22.5 Å². The minimum Gasteiger partial charge on any atom is -0.267 e. The van der Waals surface area contributed by atoms with Crippen LogP contribution in [-0.4, -0.2) is 27.0 Å². The highest BCUT2D eigenvalue weighted by atomic mass is 35.5. The molecular formula is C30H20ClN5O3S. The molecule has 0 spiro atoms. The van der Waals surface area contributed by atoms with Crippen LogP contribution < -0.4 is 5.43 Å². The van der Waals surface area contributed by atoms with Gasteiger partial charge in [0.15, 0.2) is 5.16 Å². The van der Waals surface area contributed by atoms with Crippen LogP contribution in [0.15, 0.2) is 124 Å². The molecule has 0 atom stereocenters. The summed E-state index contributed by atoms with van der Waals surface area (Å²) in [6, 6.07) is 32.4. The van der Waals surface area contributed by atoms with Gasteiger partial charge in [-0.15, -0.1) is 0 Å². The van der Waals surface area contributed by atoms with E-state index < -0.39 is 10.8 Å². The van der Waals surface area contributed by atoms with E-state index in [0.29, 0.717) is 37.6 Å². The number of benzene rings is 4. The number of carbonyl (C=O) groups excluding carboxylic acids is 1. The SMILES string of the molecule is O=C(N/N=C/c1ccc(Sc2nc(-c3ccccc3)cc(-c3ccccc3)n2)c([N+](=O)[O-])c1)c1cccc(Cl)c1. The number of rotatable bonds is 8. The van der Waals surface area contributed by atoms with E-state index in [1.807, 2.05) is 66.7 Å². The first kappa shape index (κ1) is 26.7. The second kappa shape index (κ2) is 12.3. The second-order valence-electron chi connectivity index (χ2n) is 8.45. The molecule has 0 radical (unpaired) electrons. The predicted molar refractivity (Wildman–Crippen MR) is 157 cm³/mol. The Bertz CT molecular complexity index is 1660. The number of carbonyl (C=O) groups is 1. The fourth-order valence-electron chi connectivity index (χ4n) is 3.79. The number of halogens is 1. The minimum atomic E-state index is -0.469. The maximum atomic E-state index is 12.3. The predicted octanol–water partition coefficient (Wildman–Crippen LogP) is 7.29. The van der Waals surface area contributed by atoms with Gasteiger partial charge in [-0.2, -0.15) is 5.10 Å². The Balaban J connectivity index is 1.42. The summed E-state index contributed by atoms with van der Waals surface area (Å²) in [6.07, 6.45) is 1.34. The van der Waals surface area contributed by atoms with Crippen LogP contribution in [0, 0.1) is 10.1 Å². The average Bonchev–Trinajstić information content (AvgIpc) is 2.98. The summed E-state index contributed by atoms with van der Waals surface area (Å²) in [5, 5.41) is 16.7. The first-order chi connectivity index (χ1) is 19.5. The molecule has 1 amide bonds. The van der Waals surface area contributed by atoms with E-state index in [1.54, 1.807) is 30.3 Å². The summed E-state index contributed by atoms with van der Waals surface area (Å²) in [5.41, 5.74) is 6.27. The molecule has 4 aromatic carbocycles. The molecule has 0 unspecified atom stereocenters. The third-order valence-corrected chi connectivity index (χ3v) is 6.86. The van der Waals surface area contributed by atoms with E-state index in [-0.39, 0.29) is 5.69 Å². The van der Waals surface area contributed by atoms with Crippen LogP contribution in [0.3, 0.4) is 0 Å². The summed E-state index contributed by atoms with van der Waals surface area (Å²) in [7, 11) is 0. The summed E-state index contributed by atoms with van der Waals surface area (Å²) < 4.78 is 0. The summed E-state index contributed by atoms with van der Waals surface area (Å²) in [6.45, 7) is 0. The van der Waals surface area contributed by atoms with Crippen molar-refractivity contribution in [2.75, 3.05) is 0 Å². The number of aromatic nitrogens is 2. The van der Waals surface area contributed by atoms with Crippen molar-refractivity contribution >= 4 is 41.2 Å². The topological polar surface area (TPSA) is 110 Å². The van der Waals surface area contributed by atoms with Crippen molar-refractivity contribution in [3.8, 4) is 22.5 Å². The summed E-state index contributed by atoms with van der Waals surface area (Å²) in [5.74, 6) is -0.454. The average molecular weight is 566 g/mol. The number of hydrazone groups is 1. The molecule has 5 rings (SSSR count). The van der Waals surface area contributed by atoms with Gasteiger partial charge in [0.05, 0.1) is 27.4 Å². The number of nitro groups is 1. The molecule has 196 valence electrons. The lowest BCUT2D eigenvalue weighted by molar-refractivity contribution is -0.387. The quantitative estimate of drug-likeness (QED) is 0.0915. The number of nitrogens with zero attached hydrogens (tertiary/aromatic N) is 4. The number of nitro benzene ring substituents is 1. The second-order valence-corrected chi connectivity index (χ2v) is 9.89. The van der Waals surface area contributed by atoms with Crippen molar-refractivity contribution in [1.29, 1.82) is 0 Å². The molecule has 0 aliphatic heterocycles. The fraction of sp³-hybridized carbons (Fsp3) is 0. The molecule has 1 N–H and O–H groups in total. The highest BCUT2D eigenvalue weighted by Gasteiger charge is 2.18. The maximum absolute atomic E-state index is 12.3. The van der Waals surface area contributed by atoms with Crippen molar-refractivity contribution < 1.29 is 9.72 Å². The van der Waals surface area contributed by atoms with Gasteiger partial charge in [-0.1, -0.05) is 84.4 Å². The molecule has 0 aliphatic carbocycles. The van der Waals surface area contributed by atoms with Gasteiger partial charge in [0.1, 0.15) is 0 Å². The van der Waals surface area contributed by atoms with E-state index in [1.165, 1.54) is 18.3 Å². The zero-order valence-corrected chi connectivity index (χ0v) is 22.3. The van der Waals surface area contributed by atoms with Gasteiger partial charge in [-0.05, 0) is 42.1 Å². The van der Waals surface area contributed by atoms with E-state index in [2.05, 4.69) is 10.5 Å². The Morgan fingerprint density at radius 1 is 0.850 bits per heavy atom. The van der Waals surface area contributed by atoms with Crippen LogP contribution in [0.5, 0.6) is 0 Å². The zero-order valence-electron chi connectivity index (χ0n) is 20.8.